The third-order valence-electron chi connectivity index (χ3n) is 3.92. The Morgan fingerprint density at radius 1 is 1.42 bits per heavy atom. The van der Waals surface area contributed by atoms with E-state index in [9.17, 15) is 0 Å². The summed E-state index contributed by atoms with van der Waals surface area (Å²) in [6.45, 7) is 5.35. The van der Waals surface area contributed by atoms with Gasteiger partial charge in [-0.2, -0.15) is 12.6 Å². The molecule has 19 heavy (non-hydrogen) atoms. The molecule has 1 aliphatic rings. The smallest absolute Gasteiger partial charge is 0.0894 e. The van der Waals surface area contributed by atoms with Crippen LogP contribution < -0.4 is 0 Å². The SMILES string of the molecule is CCN1CCc2nc3c(Cl)cccc3c(CS)c2C1. The lowest BCUT2D eigenvalue weighted by atomic mass is 9.97. The normalized spacial score (nSPS) is 15.7. The van der Waals surface area contributed by atoms with Crippen LogP contribution >= 0.6 is 24.2 Å². The maximum atomic E-state index is 6.29. The van der Waals surface area contributed by atoms with E-state index >= 15 is 0 Å². The Balaban J connectivity index is 2.26. The highest BCUT2D eigenvalue weighted by atomic mass is 35.5. The Morgan fingerprint density at radius 2 is 2.26 bits per heavy atom. The molecule has 0 saturated carbocycles. The van der Waals surface area contributed by atoms with E-state index in [0.29, 0.717) is 0 Å². The van der Waals surface area contributed by atoms with Crippen molar-refractivity contribution in [3.63, 3.8) is 0 Å². The molecule has 2 nitrogen and oxygen atoms in total. The summed E-state index contributed by atoms with van der Waals surface area (Å²) in [6.07, 6.45) is 1.01. The summed E-state index contributed by atoms with van der Waals surface area (Å²) in [7, 11) is 0. The fourth-order valence-electron chi connectivity index (χ4n) is 2.82. The van der Waals surface area contributed by atoms with Crippen molar-refractivity contribution in [2.45, 2.75) is 25.6 Å². The summed E-state index contributed by atoms with van der Waals surface area (Å²) in [4.78, 5) is 7.25. The minimum absolute atomic E-state index is 0.735. The molecule has 0 fully saturated rings. The molecule has 1 aromatic carbocycles. The Bertz CT molecular complexity index is 627. The van der Waals surface area contributed by atoms with Gasteiger partial charge < -0.3 is 0 Å². The van der Waals surface area contributed by atoms with E-state index in [1.165, 1.54) is 16.8 Å². The van der Waals surface area contributed by atoms with Gasteiger partial charge >= 0.3 is 0 Å². The molecule has 2 heterocycles. The van der Waals surface area contributed by atoms with Gasteiger partial charge in [0.05, 0.1) is 10.5 Å². The second-order valence-electron chi connectivity index (χ2n) is 4.93. The second kappa shape index (κ2) is 5.31. The molecule has 100 valence electrons. The van der Waals surface area contributed by atoms with Gasteiger partial charge in [0.2, 0.25) is 0 Å². The number of hydrogen-bond acceptors (Lipinski definition) is 3. The van der Waals surface area contributed by atoms with Gasteiger partial charge in [0.1, 0.15) is 0 Å². The molecule has 0 spiro atoms. The van der Waals surface area contributed by atoms with Crippen molar-refractivity contribution >= 4 is 35.1 Å². The minimum atomic E-state index is 0.735. The van der Waals surface area contributed by atoms with Crippen LogP contribution in [0.1, 0.15) is 23.7 Å². The summed E-state index contributed by atoms with van der Waals surface area (Å²) in [5.74, 6) is 0.735. The average molecular weight is 293 g/mol. The Labute approximate surface area is 124 Å². The summed E-state index contributed by atoms with van der Waals surface area (Å²) < 4.78 is 0. The lowest BCUT2D eigenvalue weighted by molar-refractivity contribution is 0.265. The zero-order valence-corrected chi connectivity index (χ0v) is 12.6. The van der Waals surface area contributed by atoms with Crippen LogP contribution in [0.2, 0.25) is 5.02 Å². The molecule has 0 bridgehead atoms. The lowest BCUT2D eigenvalue weighted by Gasteiger charge is -2.29. The van der Waals surface area contributed by atoms with Crippen LogP contribution in [0.25, 0.3) is 10.9 Å². The number of pyridine rings is 1. The van der Waals surface area contributed by atoms with E-state index in [1.807, 2.05) is 12.1 Å². The third-order valence-corrected chi connectivity index (χ3v) is 4.54. The van der Waals surface area contributed by atoms with Gasteiger partial charge in [0, 0.05) is 36.3 Å². The molecule has 1 aliphatic heterocycles. The highest BCUT2D eigenvalue weighted by Crippen LogP contribution is 2.32. The Hall–Kier alpha value is -0.770. The minimum Gasteiger partial charge on any atom is -0.299 e. The van der Waals surface area contributed by atoms with Crippen molar-refractivity contribution in [2.75, 3.05) is 13.1 Å². The number of fused-ring (bicyclic) bond motifs is 2. The molecule has 2 aromatic rings. The van der Waals surface area contributed by atoms with E-state index < -0.39 is 0 Å². The van der Waals surface area contributed by atoms with Crippen LogP contribution in [0.5, 0.6) is 0 Å². The predicted octanol–water partition coefficient (Wildman–Crippen LogP) is 3.70. The Kier molecular flexibility index (Phi) is 3.70. The van der Waals surface area contributed by atoms with Crippen LogP contribution in [-0.2, 0) is 18.7 Å². The van der Waals surface area contributed by atoms with Crippen LogP contribution in [0.4, 0.5) is 0 Å². The number of halogens is 1. The van der Waals surface area contributed by atoms with E-state index in [4.69, 9.17) is 16.6 Å². The highest BCUT2D eigenvalue weighted by molar-refractivity contribution is 7.79. The molecule has 0 radical (unpaired) electrons. The van der Waals surface area contributed by atoms with Gasteiger partial charge in [-0.05, 0) is 23.7 Å². The van der Waals surface area contributed by atoms with Crippen molar-refractivity contribution in [1.82, 2.24) is 9.88 Å². The topological polar surface area (TPSA) is 16.1 Å². The maximum Gasteiger partial charge on any atom is 0.0894 e. The molecular weight excluding hydrogens is 276 g/mol. The van der Waals surface area contributed by atoms with Crippen molar-refractivity contribution in [1.29, 1.82) is 0 Å². The quantitative estimate of drug-likeness (QED) is 0.850. The Morgan fingerprint density at radius 3 is 3.00 bits per heavy atom. The van der Waals surface area contributed by atoms with Crippen molar-refractivity contribution < 1.29 is 0 Å². The number of likely N-dealkylation sites (N-methyl/N-ethyl adjacent to an activating group) is 1. The second-order valence-corrected chi connectivity index (χ2v) is 5.65. The standard InChI is InChI=1S/C15H17ClN2S/c1-2-18-7-6-14-11(8-18)12(9-19)10-4-3-5-13(16)15(10)17-14/h3-5,19H,2,6-9H2,1H3. The van der Waals surface area contributed by atoms with E-state index in [1.54, 1.807) is 0 Å². The third kappa shape index (κ3) is 2.24. The molecule has 0 atom stereocenters. The fourth-order valence-corrected chi connectivity index (χ4v) is 3.40. The molecule has 4 heteroatoms. The highest BCUT2D eigenvalue weighted by Gasteiger charge is 2.21. The average Bonchev–Trinajstić information content (AvgIpc) is 2.45. The summed E-state index contributed by atoms with van der Waals surface area (Å²) in [6, 6.07) is 6.00. The molecule has 0 aliphatic carbocycles. The molecule has 0 amide bonds. The number of aromatic nitrogens is 1. The first-order valence-electron chi connectivity index (χ1n) is 6.66. The zero-order chi connectivity index (χ0) is 13.4. The van der Waals surface area contributed by atoms with Gasteiger partial charge in [-0.1, -0.05) is 30.7 Å². The molecular formula is C15H17ClN2S. The summed E-state index contributed by atoms with van der Waals surface area (Å²) in [5, 5.41) is 1.89. The van der Waals surface area contributed by atoms with Gasteiger partial charge in [-0.3, -0.25) is 9.88 Å². The molecule has 0 N–H and O–H groups in total. The first kappa shape index (κ1) is 13.2. The zero-order valence-electron chi connectivity index (χ0n) is 11.0. The molecule has 0 saturated heterocycles. The number of para-hydroxylation sites is 1. The van der Waals surface area contributed by atoms with Crippen LogP contribution in [0.3, 0.4) is 0 Å². The first-order chi connectivity index (χ1) is 9.24. The fraction of sp³-hybridized carbons (Fsp3) is 0.400. The molecule has 3 rings (SSSR count). The van der Waals surface area contributed by atoms with Crippen molar-refractivity contribution in [3.05, 3.63) is 40.0 Å². The van der Waals surface area contributed by atoms with Gasteiger partial charge in [-0.25, -0.2) is 0 Å². The number of rotatable bonds is 2. The largest absolute Gasteiger partial charge is 0.299 e. The number of benzene rings is 1. The van der Waals surface area contributed by atoms with E-state index in [0.717, 1.165) is 47.7 Å². The summed E-state index contributed by atoms with van der Waals surface area (Å²) >= 11 is 10.8. The number of hydrogen-bond donors (Lipinski definition) is 1. The number of nitrogens with zero attached hydrogens (tertiary/aromatic N) is 2. The van der Waals surface area contributed by atoms with Crippen LogP contribution in [-0.4, -0.2) is 23.0 Å². The van der Waals surface area contributed by atoms with Gasteiger partial charge in [0.15, 0.2) is 0 Å². The summed E-state index contributed by atoms with van der Waals surface area (Å²) in [5.41, 5.74) is 4.79. The van der Waals surface area contributed by atoms with E-state index in [2.05, 4.69) is 30.5 Å². The van der Waals surface area contributed by atoms with E-state index in [-0.39, 0.29) is 0 Å². The number of thiol groups is 1. The maximum absolute atomic E-state index is 6.29. The monoisotopic (exact) mass is 292 g/mol. The van der Waals surface area contributed by atoms with Crippen LogP contribution in [0.15, 0.2) is 18.2 Å². The van der Waals surface area contributed by atoms with Gasteiger partial charge in [0.25, 0.3) is 0 Å². The van der Waals surface area contributed by atoms with Crippen molar-refractivity contribution in [3.8, 4) is 0 Å². The first-order valence-corrected chi connectivity index (χ1v) is 7.67. The lowest BCUT2D eigenvalue weighted by Crippen LogP contribution is -2.31. The van der Waals surface area contributed by atoms with Crippen molar-refractivity contribution in [2.24, 2.45) is 0 Å². The molecule has 0 unspecified atom stereocenters. The van der Waals surface area contributed by atoms with Crippen LogP contribution in [0, 0.1) is 0 Å². The predicted molar refractivity (Wildman–Crippen MR) is 84.1 cm³/mol. The van der Waals surface area contributed by atoms with Gasteiger partial charge in [-0.15, -0.1) is 0 Å². The molecule has 1 aromatic heterocycles.